The van der Waals surface area contributed by atoms with E-state index >= 15 is 0 Å². The molecule has 0 radical (unpaired) electrons. The standard InChI is InChI=1S/C16H26N2O3/c1-10-8-14(20-6)11(2)7-12(10)13(17)9-18-15(19)21-16(3,4)5/h7-8,13H,9,17H2,1-6H3,(H,18,19). The smallest absolute Gasteiger partial charge is 0.407 e. The van der Waals surface area contributed by atoms with Crippen LogP contribution in [0.5, 0.6) is 5.75 Å². The number of amides is 1. The minimum Gasteiger partial charge on any atom is -0.496 e. The van der Waals surface area contributed by atoms with Gasteiger partial charge < -0.3 is 20.5 Å². The van der Waals surface area contributed by atoms with Crippen molar-refractivity contribution < 1.29 is 14.3 Å². The third kappa shape index (κ3) is 5.27. The van der Waals surface area contributed by atoms with E-state index in [4.69, 9.17) is 15.2 Å². The predicted octanol–water partition coefficient (Wildman–Crippen LogP) is 2.84. The molecule has 1 aromatic carbocycles. The highest BCUT2D eigenvalue weighted by molar-refractivity contribution is 5.67. The molecular weight excluding hydrogens is 268 g/mol. The number of nitrogens with two attached hydrogens (primary N) is 1. The number of nitrogens with one attached hydrogen (secondary N) is 1. The Balaban J connectivity index is 2.70. The Morgan fingerprint density at radius 3 is 2.43 bits per heavy atom. The van der Waals surface area contributed by atoms with Gasteiger partial charge in [0.15, 0.2) is 0 Å². The molecule has 118 valence electrons. The minimum absolute atomic E-state index is 0.290. The first-order valence-electron chi connectivity index (χ1n) is 7.01. The molecule has 0 aliphatic rings. The van der Waals surface area contributed by atoms with Crippen LogP contribution in [0.15, 0.2) is 12.1 Å². The van der Waals surface area contributed by atoms with Crippen molar-refractivity contribution in [2.75, 3.05) is 13.7 Å². The molecule has 1 amide bonds. The normalized spacial score (nSPS) is 12.7. The summed E-state index contributed by atoms with van der Waals surface area (Å²) < 4.78 is 10.5. The van der Waals surface area contributed by atoms with Crippen LogP contribution in [0.4, 0.5) is 4.79 Å². The maximum absolute atomic E-state index is 11.6. The van der Waals surface area contributed by atoms with Crippen LogP contribution in [0, 0.1) is 13.8 Å². The maximum atomic E-state index is 11.6. The molecule has 0 spiro atoms. The first-order chi connectivity index (χ1) is 9.64. The molecule has 0 saturated heterocycles. The molecular formula is C16H26N2O3. The van der Waals surface area contributed by atoms with E-state index in [1.807, 2.05) is 46.8 Å². The van der Waals surface area contributed by atoms with Gasteiger partial charge in [-0.1, -0.05) is 6.07 Å². The van der Waals surface area contributed by atoms with Crippen molar-refractivity contribution >= 4 is 6.09 Å². The molecule has 0 aliphatic carbocycles. The zero-order chi connectivity index (χ0) is 16.2. The average Bonchev–Trinajstić information content (AvgIpc) is 2.36. The molecule has 5 nitrogen and oxygen atoms in total. The fraction of sp³-hybridized carbons (Fsp3) is 0.562. The first-order valence-corrected chi connectivity index (χ1v) is 7.01. The number of ether oxygens (including phenoxy) is 2. The fourth-order valence-corrected chi connectivity index (χ4v) is 2.05. The van der Waals surface area contributed by atoms with Crippen LogP contribution >= 0.6 is 0 Å². The van der Waals surface area contributed by atoms with E-state index in [9.17, 15) is 4.79 Å². The van der Waals surface area contributed by atoms with E-state index < -0.39 is 11.7 Å². The first kappa shape index (κ1) is 17.3. The maximum Gasteiger partial charge on any atom is 0.407 e. The number of alkyl carbamates (subject to hydrolysis) is 1. The Hall–Kier alpha value is -1.75. The minimum atomic E-state index is -0.513. The molecule has 0 aliphatic heterocycles. The van der Waals surface area contributed by atoms with Gasteiger partial charge in [0.25, 0.3) is 0 Å². The molecule has 1 rings (SSSR count). The fourth-order valence-electron chi connectivity index (χ4n) is 2.05. The van der Waals surface area contributed by atoms with Gasteiger partial charge in [0.1, 0.15) is 11.4 Å². The van der Waals surface area contributed by atoms with E-state index in [2.05, 4.69) is 5.32 Å². The number of carbonyl (C=O) groups is 1. The second-order valence-corrected chi connectivity index (χ2v) is 6.17. The Morgan fingerprint density at radius 1 is 1.29 bits per heavy atom. The van der Waals surface area contributed by atoms with E-state index in [0.29, 0.717) is 6.54 Å². The van der Waals surface area contributed by atoms with Gasteiger partial charge in [0.05, 0.1) is 7.11 Å². The van der Waals surface area contributed by atoms with Crippen molar-refractivity contribution in [3.8, 4) is 5.75 Å². The number of rotatable bonds is 4. The lowest BCUT2D eigenvalue weighted by molar-refractivity contribution is 0.0524. The molecule has 3 N–H and O–H groups in total. The second-order valence-electron chi connectivity index (χ2n) is 6.17. The summed E-state index contributed by atoms with van der Waals surface area (Å²) in [6.45, 7) is 9.73. The highest BCUT2D eigenvalue weighted by Gasteiger charge is 2.18. The van der Waals surface area contributed by atoms with Crippen LogP contribution in [0.2, 0.25) is 0 Å². The van der Waals surface area contributed by atoms with Gasteiger partial charge in [-0.3, -0.25) is 0 Å². The molecule has 0 aromatic heterocycles. The molecule has 0 bridgehead atoms. The third-order valence-corrected chi connectivity index (χ3v) is 3.05. The number of hydrogen-bond donors (Lipinski definition) is 2. The van der Waals surface area contributed by atoms with Gasteiger partial charge in [-0.15, -0.1) is 0 Å². The van der Waals surface area contributed by atoms with Crippen LogP contribution in [0.25, 0.3) is 0 Å². The van der Waals surface area contributed by atoms with Gasteiger partial charge in [-0.05, 0) is 57.4 Å². The van der Waals surface area contributed by atoms with E-state index in [1.165, 1.54) is 0 Å². The highest BCUT2D eigenvalue weighted by Crippen LogP contribution is 2.25. The number of hydrogen-bond acceptors (Lipinski definition) is 4. The van der Waals surface area contributed by atoms with E-state index in [-0.39, 0.29) is 6.04 Å². The molecule has 0 heterocycles. The van der Waals surface area contributed by atoms with Gasteiger partial charge >= 0.3 is 6.09 Å². The summed E-state index contributed by atoms with van der Waals surface area (Å²) in [5, 5.41) is 2.70. The summed E-state index contributed by atoms with van der Waals surface area (Å²) in [5.74, 6) is 0.837. The van der Waals surface area contributed by atoms with Crippen molar-refractivity contribution in [1.82, 2.24) is 5.32 Å². The van der Waals surface area contributed by atoms with Gasteiger partial charge in [-0.2, -0.15) is 0 Å². The van der Waals surface area contributed by atoms with Crippen molar-refractivity contribution in [2.24, 2.45) is 5.73 Å². The topological polar surface area (TPSA) is 73.6 Å². The number of benzene rings is 1. The average molecular weight is 294 g/mol. The van der Waals surface area contributed by atoms with Crippen LogP contribution in [0.3, 0.4) is 0 Å². The SMILES string of the molecule is COc1cc(C)c(C(N)CNC(=O)OC(C)(C)C)cc1C. The predicted molar refractivity (Wildman–Crippen MR) is 83.6 cm³/mol. The number of carbonyl (C=O) groups excluding carboxylic acids is 1. The Labute approximate surface area is 126 Å². The second kappa shape index (κ2) is 6.80. The molecule has 0 saturated carbocycles. The monoisotopic (exact) mass is 294 g/mol. The van der Waals surface area contributed by atoms with Crippen LogP contribution < -0.4 is 15.8 Å². The third-order valence-electron chi connectivity index (χ3n) is 3.05. The Kier molecular flexibility index (Phi) is 5.61. The Morgan fingerprint density at radius 2 is 1.90 bits per heavy atom. The summed E-state index contributed by atoms with van der Waals surface area (Å²) in [6, 6.07) is 3.66. The highest BCUT2D eigenvalue weighted by atomic mass is 16.6. The van der Waals surface area contributed by atoms with Gasteiger partial charge in [0, 0.05) is 12.6 Å². The van der Waals surface area contributed by atoms with Crippen molar-refractivity contribution in [1.29, 1.82) is 0 Å². The van der Waals surface area contributed by atoms with E-state index in [1.54, 1.807) is 7.11 Å². The molecule has 5 heteroatoms. The van der Waals surface area contributed by atoms with E-state index in [0.717, 1.165) is 22.4 Å². The molecule has 1 unspecified atom stereocenters. The quantitative estimate of drug-likeness (QED) is 0.895. The molecule has 21 heavy (non-hydrogen) atoms. The van der Waals surface area contributed by atoms with Gasteiger partial charge in [0.2, 0.25) is 0 Å². The van der Waals surface area contributed by atoms with Crippen molar-refractivity contribution in [3.05, 3.63) is 28.8 Å². The zero-order valence-corrected chi connectivity index (χ0v) is 13.7. The largest absolute Gasteiger partial charge is 0.496 e. The van der Waals surface area contributed by atoms with Crippen molar-refractivity contribution in [3.63, 3.8) is 0 Å². The number of aryl methyl sites for hydroxylation is 2. The molecule has 1 atom stereocenters. The van der Waals surface area contributed by atoms with Gasteiger partial charge in [-0.25, -0.2) is 4.79 Å². The van der Waals surface area contributed by atoms with Crippen LogP contribution in [-0.4, -0.2) is 25.3 Å². The van der Waals surface area contributed by atoms with Crippen molar-refractivity contribution in [2.45, 2.75) is 46.3 Å². The summed E-state index contributed by atoms with van der Waals surface area (Å²) in [6.07, 6.45) is -0.458. The molecule has 0 fully saturated rings. The number of methoxy groups -OCH3 is 1. The summed E-state index contributed by atoms with van der Waals surface area (Å²) in [7, 11) is 1.64. The van der Waals surface area contributed by atoms with Crippen LogP contribution in [-0.2, 0) is 4.74 Å². The zero-order valence-electron chi connectivity index (χ0n) is 13.7. The van der Waals surface area contributed by atoms with Crippen LogP contribution in [0.1, 0.15) is 43.5 Å². The lowest BCUT2D eigenvalue weighted by atomic mass is 9.98. The lowest BCUT2D eigenvalue weighted by Gasteiger charge is -2.22. The molecule has 1 aromatic rings. The summed E-state index contributed by atoms with van der Waals surface area (Å²) in [4.78, 5) is 11.6. The Bertz CT molecular complexity index is 507. The lowest BCUT2D eigenvalue weighted by Crippen LogP contribution is -2.36. The summed E-state index contributed by atoms with van der Waals surface area (Å²) >= 11 is 0. The summed E-state index contributed by atoms with van der Waals surface area (Å²) in [5.41, 5.74) is 8.69.